The Morgan fingerprint density at radius 2 is 1.67 bits per heavy atom. The van der Waals surface area contributed by atoms with E-state index in [9.17, 15) is 9.59 Å². The third-order valence-corrected chi connectivity index (χ3v) is 4.93. The Hall–Kier alpha value is -3.19. The maximum absolute atomic E-state index is 12.5. The predicted octanol–water partition coefficient (Wildman–Crippen LogP) is 4.99. The maximum Gasteiger partial charge on any atom is 0.275 e. The van der Waals surface area contributed by atoms with Gasteiger partial charge >= 0.3 is 0 Å². The van der Waals surface area contributed by atoms with E-state index in [1.807, 2.05) is 52.0 Å². The van der Waals surface area contributed by atoms with Crippen molar-refractivity contribution < 1.29 is 14.3 Å². The number of ether oxygens (including phenoxy) is 1. The van der Waals surface area contributed by atoms with Crippen LogP contribution in [0.1, 0.15) is 48.5 Å². The molecule has 7 heteroatoms. The van der Waals surface area contributed by atoms with Crippen molar-refractivity contribution in [3.63, 3.8) is 0 Å². The Balaban J connectivity index is 1.64. The number of amides is 2. The van der Waals surface area contributed by atoms with Gasteiger partial charge in [-0.25, -0.2) is 4.98 Å². The minimum Gasteiger partial charge on any atom is -0.494 e. The Kier molecular flexibility index (Phi) is 6.52. The minimum atomic E-state index is -0.310. The van der Waals surface area contributed by atoms with Crippen molar-refractivity contribution in [3.8, 4) is 16.3 Å². The molecule has 3 rings (SSSR count). The quantitative estimate of drug-likeness (QED) is 0.585. The summed E-state index contributed by atoms with van der Waals surface area (Å²) in [6.07, 6.45) is 0. The molecule has 0 aliphatic carbocycles. The second-order valence-electron chi connectivity index (χ2n) is 7.73. The molecule has 0 spiro atoms. The SMILES string of the molecule is CCOc1ccc(-c2nc(C(=O)Nc3ccc(C(=O)NC(C)(C)C)cc3)cs2)cc1. The molecule has 0 radical (unpaired) electrons. The maximum atomic E-state index is 12.5. The zero-order valence-corrected chi connectivity index (χ0v) is 18.3. The highest BCUT2D eigenvalue weighted by atomic mass is 32.1. The summed E-state index contributed by atoms with van der Waals surface area (Å²) in [6, 6.07) is 14.4. The zero-order chi connectivity index (χ0) is 21.7. The topological polar surface area (TPSA) is 80.3 Å². The van der Waals surface area contributed by atoms with E-state index in [1.165, 1.54) is 11.3 Å². The van der Waals surface area contributed by atoms with Gasteiger partial charge < -0.3 is 15.4 Å². The van der Waals surface area contributed by atoms with Gasteiger partial charge in [-0.1, -0.05) is 0 Å². The first kappa shape index (κ1) is 21.5. The zero-order valence-electron chi connectivity index (χ0n) is 17.5. The molecule has 3 aromatic rings. The molecule has 0 unspecified atom stereocenters. The fourth-order valence-electron chi connectivity index (χ4n) is 2.68. The smallest absolute Gasteiger partial charge is 0.275 e. The summed E-state index contributed by atoms with van der Waals surface area (Å²) in [6.45, 7) is 8.33. The fraction of sp³-hybridized carbons (Fsp3) is 0.261. The largest absolute Gasteiger partial charge is 0.494 e. The summed E-state index contributed by atoms with van der Waals surface area (Å²) in [7, 11) is 0. The molecule has 0 bridgehead atoms. The summed E-state index contributed by atoms with van der Waals surface area (Å²) >= 11 is 1.41. The second-order valence-corrected chi connectivity index (χ2v) is 8.59. The van der Waals surface area contributed by atoms with E-state index in [1.54, 1.807) is 29.6 Å². The summed E-state index contributed by atoms with van der Waals surface area (Å²) in [5, 5.41) is 8.21. The Bertz CT molecular complexity index is 1020. The van der Waals surface area contributed by atoms with Crippen LogP contribution in [0.4, 0.5) is 5.69 Å². The predicted molar refractivity (Wildman–Crippen MR) is 120 cm³/mol. The van der Waals surface area contributed by atoms with Crippen LogP contribution in [-0.4, -0.2) is 28.9 Å². The van der Waals surface area contributed by atoms with Crippen LogP contribution in [0.15, 0.2) is 53.9 Å². The number of anilines is 1. The number of nitrogens with zero attached hydrogens (tertiary/aromatic N) is 1. The minimum absolute atomic E-state index is 0.153. The average molecular weight is 424 g/mol. The van der Waals surface area contributed by atoms with Crippen LogP contribution in [0.25, 0.3) is 10.6 Å². The van der Waals surface area contributed by atoms with E-state index >= 15 is 0 Å². The van der Waals surface area contributed by atoms with E-state index in [0.717, 1.165) is 16.3 Å². The lowest BCUT2D eigenvalue weighted by atomic mass is 10.1. The van der Waals surface area contributed by atoms with Gasteiger partial charge in [0.2, 0.25) is 0 Å². The monoisotopic (exact) mass is 423 g/mol. The first-order chi connectivity index (χ1) is 14.2. The van der Waals surface area contributed by atoms with E-state index in [4.69, 9.17) is 4.74 Å². The second kappa shape index (κ2) is 9.09. The number of nitrogens with one attached hydrogen (secondary N) is 2. The first-order valence-electron chi connectivity index (χ1n) is 9.68. The van der Waals surface area contributed by atoms with Crippen molar-refractivity contribution >= 4 is 28.8 Å². The number of rotatable bonds is 6. The molecule has 0 aliphatic rings. The van der Waals surface area contributed by atoms with Crippen molar-refractivity contribution in [1.29, 1.82) is 0 Å². The highest BCUT2D eigenvalue weighted by Crippen LogP contribution is 2.26. The van der Waals surface area contributed by atoms with Crippen molar-refractivity contribution in [2.75, 3.05) is 11.9 Å². The molecule has 156 valence electrons. The molecule has 0 aliphatic heterocycles. The molecule has 0 atom stereocenters. The van der Waals surface area contributed by atoms with Crippen molar-refractivity contribution in [3.05, 3.63) is 65.2 Å². The Labute approximate surface area is 180 Å². The van der Waals surface area contributed by atoms with Gasteiger partial charge in [0.25, 0.3) is 11.8 Å². The normalized spacial score (nSPS) is 11.1. The Morgan fingerprint density at radius 3 is 2.27 bits per heavy atom. The van der Waals surface area contributed by atoms with Gasteiger partial charge in [0.05, 0.1) is 6.61 Å². The molecule has 30 heavy (non-hydrogen) atoms. The molecule has 2 amide bonds. The Morgan fingerprint density at radius 1 is 1.00 bits per heavy atom. The van der Waals surface area contributed by atoms with Gasteiger partial charge in [0.1, 0.15) is 16.5 Å². The van der Waals surface area contributed by atoms with Crippen LogP contribution in [0.3, 0.4) is 0 Å². The van der Waals surface area contributed by atoms with E-state index in [-0.39, 0.29) is 17.4 Å². The number of hydrogen-bond donors (Lipinski definition) is 2. The molecule has 1 heterocycles. The van der Waals surface area contributed by atoms with Gasteiger partial charge in [0, 0.05) is 27.7 Å². The van der Waals surface area contributed by atoms with Gasteiger partial charge in [-0.2, -0.15) is 0 Å². The van der Waals surface area contributed by atoms with Crippen molar-refractivity contribution in [2.24, 2.45) is 0 Å². The number of carbonyl (C=O) groups is 2. The molecule has 0 saturated carbocycles. The molecule has 0 fully saturated rings. The molecular weight excluding hydrogens is 398 g/mol. The van der Waals surface area contributed by atoms with Gasteiger partial charge in [-0.05, 0) is 76.2 Å². The number of carbonyl (C=O) groups excluding carboxylic acids is 2. The lowest BCUT2D eigenvalue weighted by Crippen LogP contribution is -2.40. The molecule has 6 nitrogen and oxygen atoms in total. The van der Waals surface area contributed by atoms with Crippen molar-refractivity contribution in [1.82, 2.24) is 10.3 Å². The molecule has 0 saturated heterocycles. The van der Waals surface area contributed by atoms with Crippen LogP contribution in [-0.2, 0) is 0 Å². The lowest BCUT2D eigenvalue weighted by molar-refractivity contribution is 0.0919. The molecular formula is C23H25N3O3S. The van der Waals surface area contributed by atoms with E-state index in [2.05, 4.69) is 15.6 Å². The third-order valence-electron chi connectivity index (χ3n) is 4.04. The summed E-state index contributed by atoms with van der Waals surface area (Å²) in [5.41, 5.74) is 2.10. The van der Waals surface area contributed by atoms with Crippen LogP contribution in [0, 0.1) is 0 Å². The summed E-state index contributed by atoms with van der Waals surface area (Å²) in [5.74, 6) is 0.352. The summed E-state index contributed by atoms with van der Waals surface area (Å²) < 4.78 is 5.45. The summed E-state index contributed by atoms with van der Waals surface area (Å²) in [4.78, 5) is 29.2. The highest BCUT2D eigenvalue weighted by molar-refractivity contribution is 7.13. The standard InChI is InChI=1S/C23H25N3O3S/c1-5-29-18-12-8-16(9-13-18)22-25-19(14-30-22)21(28)24-17-10-6-15(7-11-17)20(27)26-23(2,3)4/h6-14H,5H2,1-4H3,(H,24,28)(H,26,27). The lowest BCUT2D eigenvalue weighted by Gasteiger charge is -2.20. The van der Waals surface area contributed by atoms with Gasteiger partial charge in [-0.3, -0.25) is 9.59 Å². The fourth-order valence-corrected chi connectivity index (χ4v) is 3.49. The van der Waals surface area contributed by atoms with Crippen LogP contribution in [0.5, 0.6) is 5.75 Å². The average Bonchev–Trinajstić information content (AvgIpc) is 3.18. The number of benzene rings is 2. The van der Waals surface area contributed by atoms with Gasteiger partial charge in [-0.15, -0.1) is 11.3 Å². The van der Waals surface area contributed by atoms with Crippen LogP contribution < -0.4 is 15.4 Å². The molecule has 2 aromatic carbocycles. The third kappa shape index (κ3) is 5.67. The van der Waals surface area contributed by atoms with Crippen LogP contribution >= 0.6 is 11.3 Å². The number of hydrogen-bond acceptors (Lipinski definition) is 5. The number of aromatic nitrogens is 1. The van der Waals surface area contributed by atoms with Gasteiger partial charge in [0.15, 0.2) is 0 Å². The number of thiazole rings is 1. The molecule has 1 aromatic heterocycles. The highest BCUT2D eigenvalue weighted by Gasteiger charge is 2.16. The van der Waals surface area contributed by atoms with E-state index < -0.39 is 0 Å². The van der Waals surface area contributed by atoms with Crippen molar-refractivity contribution in [2.45, 2.75) is 33.2 Å². The van der Waals surface area contributed by atoms with Crippen LogP contribution in [0.2, 0.25) is 0 Å². The van der Waals surface area contributed by atoms with E-state index in [0.29, 0.717) is 23.6 Å². The first-order valence-corrected chi connectivity index (χ1v) is 10.6. The molecule has 2 N–H and O–H groups in total.